The van der Waals surface area contributed by atoms with Gasteiger partial charge in [-0.15, -0.1) is 0 Å². The summed E-state index contributed by atoms with van der Waals surface area (Å²) in [6.45, 7) is 10.7. The minimum Gasteiger partial charge on any atom is -0.356 e. The van der Waals surface area contributed by atoms with Gasteiger partial charge in [-0.05, 0) is 43.0 Å². The minimum absolute atomic E-state index is 0.945. The maximum Gasteiger partial charge on any atom is 0.165 e. The molecule has 0 saturated carbocycles. The standard InChI is InChI=1S/C24H28N4/c1-5-14-27(15-6-2)22-16-17(3)25-24-23(18(4)26-28(22)24)21-13-9-11-19-10-7-8-12-20(19)21/h7-13,16H,5-6,14-15H2,1-4H3. The van der Waals surface area contributed by atoms with Gasteiger partial charge in [0.05, 0.1) is 11.3 Å². The van der Waals surface area contributed by atoms with Crippen LogP contribution in [0.1, 0.15) is 38.1 Å². The molecule has 0 amide bonds. The molecule has 2 aromatic heterocycles. The Balaban J connectivity index is 2.00. The van der Waals surface area contributed by atoms with Crippen LogP contribution in [-0.2, 0) is 0 Å². The van der Waals surface area contributed by atoms with Gasteiger partial charge >= 0.3 is 0 Å². The Hall–Kier alpha value is -2.88. The second kappa shape index (κ2) is 7.63. The SMILES string of the molecule is CCCN(CCC)c1cc(C)nc2c(-c3cccc4ccccc34)c(C)nn12. The van der Waals surface area contributed by atoms with Gasteiger partial charge in [-0.25, -0.2) is 4.98 Å². The number of rotatable bonds is 6. The van der Waals surface area contributed by atoms with Gasteiger partial charge in [0.2, 0.25) is 0 Å². The molecular weight excluding hydrogens is 344 g/mol. The number of anilines is 1. The summed E-state index contributed by atoms with van der Waals surface area (Å²) in [6, 6.07) is 17.2. The molecule has 2 aromatic carbocycles. The molecule has 4 aromatic rings. The maximum atomic E-state index is 4.94. The fourth-order valence-electron chi connectivity index (χ4n) is 4.09. The average Bonchev–Trinajstić information content (AvgIpc) is 3.02. The summed E-state index contributed by atoms with van der Waals surface area (Å²) >= 11 is 0. The molecule has 144 valence electrons. The summed E-state index contributed by atoms with van der Waals surface area (Å²) in [4.78, 5) is 7.35. The van der Waals surface area contributed by atoms with Crippen molar-refractivity contribution in [1.29, 1.82) is 0 Å². The van der Waals surface area contributed by atoms with E-state index >= 15 is 0 Å². The molecule has 0 atom stereocenters. The van der Waals surface area contributed by atoms with Crippen molar-refractivity contribution < 1.29 is 0 Å². The maximum absolute atomic E-state index is 4.94. The Bertz CT molecular complexity index is 1120. The molecule has 0 aliphatic heterocycles. The Morgan fingerprint density at radius 1 is 0.929 bits per heavy atom. The van der Waals surface area contributed by atoms with Crippen molar-refractivity contribution in [3.8, 4) is 11.1 Å². The first-order valence-electron chi connectivity index (χ1n) is 10.2. The van der Waals surface area contributed by atoms with Crippen molar-refractivity contribution in [2.75, 3.05) is 18.0 Å². The molecular formula is C24H28N4. The number of aryl methyl sites for hydroxylation is 2. The fourth-order valence-corrected chi connectivity index (χ4v) is 4.09. The predicted molar refractivity (Wildman–Crippen MR) is 118 cm³/mol. The molecule has 0 fully saturated rings. The van der Waals surface area contributed by atoms with Gasteiger partial charge < -0.3 is 4.90 Å². The Morgan fingerprint density at radius 3 is 2.39 bits per heavy atom. The highest BCUT2D eigenvalue weighted by molar-refractivity contribution is 6.00. The van der Waals surface area contributed by atoms with Gasteiger partial charge in [0.15, 0.2) is 5.65 Å². The van der Waals surface area contributed by atoms with E-state index in [1.54, 1.807) is 0 Å². The molecule has 0 bridgehead atoms. The van der Waals surface area contributed by atoms with Gasteiger partial charge in [-0.1, -0.05) is 56.3 Å². The summed E-state index contributed by atoms with van der Waals surface area (Å²) in [5.74, 6) is 1.14. The fraction of sp³-hybridized carbons (Fsp3) is 0.333. The molecule has 0 aliphatic rings. The lowest BCUT2D eigenvalue weighted by atomic mass is 9.98. The second-order valence-corrected chi connectivity index (χ2v) is 7.47. The van der Waals surface area contributed by atoms with Gasteiger partial charge in [-0.2, -0.15) is 9.61 Å². The molecule has 4 nitrogen and oxygen atoms in total. The van der Waals surface area contributed by atoms with E-state index in [2.05, 4.69) is 81.1 Å². The van der Waals surface area contributed by atoms with Crippen LogP contribution in [0.25, 0.3) is 27.5 Å². The third-order valence-corrected chi connectivity index (χ3v) is 5.24. The van der Waals surface area contributed by atoms with E-state index in [4.69, 9.17) is 10.1 Å². The van der Waals surface area contributed by atoms with E-state index < -0.39 is 0 Å². The summed E-state index contributed by atoms with van der Waals surface area (Å²) in [7, 11) is 0. The van der Waals surface area contributed by atoms with Crippen LogP contribution in [0.5, 0.6) is 0 Å². The smallest absolute Gasteiger partial charge is 0.165 e. The lowest BCUT2D eigenvalue weighted by molar-refractivity contribution is 0.713. The number of hydrogen-bond acceptors (Lipinski definition) is 3. The Morgan fingerprint density at radius 2 is 1.64 bits per heavy atom. The van der Waals surface area contributed by atoms with Crippen molar-refractivity contribution in [2.45, 2.75) is 40.5 Å². The van der Waals surface area contributed by atoms with Crippen LogP contribution in [0.2, 0.25) is 0 Å². The van der Waals surface area contributed by atoms with Crippen LogP contribution < -0.4 is 4.90 Å². The summed E-state index contributed by atoms with van der Waals surface area (Å²) in [6.07, 6.45) is 2.22. The number of nitrogens with zero attached hydrogens (tertiary/aromatic N) is 4. The monoisotopic (exact) mass is 372 g/mol. The van der Waals surface area contributed by atoms with Crippen LogP contribution in [0.4, 0.5) is 5.82 Å². The van der Waals surface area contributed by atoms with E-state index in [1.165, 1.54) is 16.3 Å². The lowest BCUT2D eigenvalue weighted by Gasteiger charge is -2.24. The first-order valence-corrected chi connectivity index (χ1v) is 10.2. The molecule has 0 unspecified atom stereocenters. The molecule has 4 heteroatoms. The molecule has 4 rings (SSSR count). The minimum atomic E-state index is 0.945. The normalized spacial score (nSPS) is 11.4. The zero-order chi connectivity index (χ0) is 19.7. The van der Waals surface area contributed by atoms with E-state index in [9.17, 15) is 0 Å². The van der Waals surface area contributed by atoms with Crippen molar-refractivity contribution in [2.24, 2.45) is 0 Å². The van der Waals surface area contributed by atoms with Crippen molar-refractivity contribution in [1.82, 2.24) is 14.6 Å². The summed E-state index contributed by atoms with van der Waals surface area (Å²) in [5, 5.41) is 7.42. The molecule has 2 heterocycles. The van der Waals surface area contributed by atoms with Crippen LogP contribution in [-0.4, -0.2) is 27.7 Å². The molecule has 0 aliphatic carbocycles. The van der Waals surface area contributed by atoms with Crippen molar-refractivity contribution in [3.05, 3.63) is 59.9 Å². The summed E-state index contributed by atoms with van der Waals surface area (Å²) in [5.41, 5.74) is 5.33. The number of fused-ring (bicyclic) bond motifs is 2. The van der Waals surface area contributed by atoms with E-state index in [1.807, 2.05) is 4.52 Å². The van der Waals surface area contributed by atoms with Gasteiger partial charge in [0, 0.05) is 24.8 Å². The highest BCUT2D eigenvalue weighted by atomic mass is 15.3. The molecule has 0 spiro atoms. The Labute approximate surface area is 166 Å². The van der Waals surface area contributed by atoms with Gasteiger partial charge in [0.25, 0.3) is 0 Å². The highest BCUT2D eigenvalue weighted by Crippen LogP contribution is 2.34. The third-order valence-electron chi connectivity index (χ3n) is 5.24. The zero-order valence-electron chi connectivity index (χ0n) is 17.2. The van der Waals surface area contributed by atoms with E-state index in [-0.39, 0.29) is 0 Å². The highest BCUT2D eigenvalue weighted by Gasteiger charge is 2.19. The van der Waals surface area contributed by atoms with Crippen LogP contribution in [0, 0.1) is 13.8 Å². The number of benzene rings is 2. The first kappa shape index (κ1) is 18.5. The first-order chi connectivity index (χ1) is 13.6. The van der Waals surface area contributed by atoms with Crippen LogP contribution >= 0.6 is 0 Å². The summed E-state index contributed by atoms with van der Waals surface area (Å²) < 4.78 is 2.05. The average molecular weight is 373 g/mol. The lowest BCUT2D eigenvalue weighted by Crippen LogP contribution is -2.27. The largest absolute Gasteiger partial charge is 0.356 e. The van der Waals surface area contributed by atoms with Crippen LogP contribution in [0.15, 0.2) is 48.5 Å². The number of aromatic nitrogens is 3. The zero-order valence-corrected chi connectivity index (χ0v) is 17.2. The van der Waals surface area contributed by atoms with E-state index in [0.29, 0.717) is 0 Å². The molecule has 0 radical (unpaired) electrons. The Kier molecular flexibility index (Phi) is 5.03. The van der Waals surface area contributed by atoms with Gasteiger partial charge in [0.1, 0.15) is 5.82 Å². The molecule has 0 saturated heterocycles. The second-order valence-electron chi connectivity index (χ2n) is 7.47. The topological polar surface area (TPSA) is 33.4 Å². The quantitative estimate of drug-likeness (QED) is 0.429. The molecule has 0 N–H and O–H groups in total. The van der Waals surface area contributed by atoms with Crippen molar-refractivity contribution in [3.63, 3.8) is 0 Å². The number of hydrogen-bond donors (Lipinski definition) is 0. The van der Waals surface area contributed by atoms with E-state index in [0.717, 1.165) is 54.3 Å². The van der Waals surface area contributed by atoms with Gasteiger partial charge in [-0.3, -0.25) is 0 Å². The predicted octanol–water partition coefficient (Wildman–Crippen LogP) is 5.79. The van der Waals surface area contributed by atoms with Crippen molar-refractivity contribution >= 4 is 22.2 Å². The molecule has 28 heavy (non-hydrogen) atoms. The van der Waals surface area contributed by atoms with Crippen LogP contribution in [0.3, 0.4) is 0 Å². The third kappa shape index (κ3) is 3.13.